The molecule has 162 valence electrons. The average molecular weight is 501 g/mol. The van der Waals surface area contributed by atoms with Crippen molar-refractivity contribution in [3.8, 4) is 17.2 Å². The number of nitrogens with zero attached hydrogens (tertiary/aromatic N) is 2. The Balaban J connectivity index is 2.15. The molecule has 0 spiro atoms. The Morgan fingerprint density at radius 2 is 1.67 bits per heavy atom. The van der Waals surface area contributed by atoms with E-state index in [2.05, 4.69) is 30.4 Å². The molecule has 2 aromatic rings. The number of methoxy groups -OCH3 is 3. The molecule has 0 unspecified atom stereocenters. The minimum Gasteiger partial charge on any atom is -0.492 e. The van der Waals surface area contributed by atoms with Crippen molar-refractivity contribution in [2.75, 3.05) is 21.3 Å². The molecule has 0 fully saturated rings. The quantitative estimate of drug-likeness (QED) is 0.320. The van der Waals surface area contributed by atoms with Gasteiger partial charge in [0.2, 0.25) is 11.7 Å². The van der Waals surface area contributed by atoms with Gasteiger partial charge < -0.3 is 19.9 Å². The first kappa shape index (κ1) is 23.4. The lowest BCUT2D eigenvalue weighted by Gasteiger charge is -2.15. The molecule has 0 amide bonds. The first-order valence-corrected chi connectivity index (χ1v) is 10.5. The lowest BCUT2D eigenvalue weighted by molar-refractivity contribution is 0.266. The summed E-state index contributed by atoms with van der Waals surface area (Å²) in [5.74, 6) is 0.797. The molecule has 0 bridgehead atoms. The molecule has 3 N–H and O–H groups in total. The standard InChI is InChI=1S/C18H21BrN4O6S/c1-11-5-7-13(8-6-11)30(24,25)29-23-18(20)22-21-10-12-9-14(19)16(27-3)17(28-4)15(12)26-2/h5-10H,1-4H3,(H3,20,22,23). The van der Waals surface area contributed by atoms with E-state index in [4.69, 9.17) is 19.9 Å². The third-order valence-corrected chi connectivity index (χ3v) is 5.46. The van der Waals surface area contributed by atoms with Crippen LogP contribution in [0.3, 0.4) is 0 Å². The highest BCUT2D eigenvalue weighted by Gasteiger charge is 2.19. The molecule has 2 rings (SSSR count). The second-order valence-electron chi connectivity index (χ2n) is 5.73. The van der Waals surface area contributed by atoms with Crippen LogP contribution < -0.4 is 25.4 Å². The number of ether oxygens (including phenoxy) is 3. The number of guanidine groups is 1. The van der Waals surface area contributed by atoms with Gasteiger partial charge in [-0.2, -0.15) is 13.5 Å². The minimum absolute atomic E-state index is 0.0307. The molecule has 0 aliphatic carbocycles. The molecule has 0 atom stereocenters. The predicted molar refractivity (Wildman–Crippen MR) is 116 cm³/mol. The van der Waals surface area contributed by atoms with Gasteiger partial charge in [-0.25, -0.2) is 5.48 Å². The highest BCUT2D eigenvalue weighted by molar-refractivity contribution is 9.10. The first-order valence-electron chi connectivity index (χ1n) is 8.34. The van der Waals surface area contributed by atoms with Crippen LogP contribution in [0.1, 0.15) is 11.1 Å². The monoisotopic (exact) mass is 500 g/mol. The van der Waals surface area contributed by atoms with Gasteiger partial charge in [0.05, 0.1) is 36.9 Å². The van der Waals surface area contributed by atoms with Gasteiger partial charge in [-0.05, 0) is 41.1 Å². The van der Waals surface area contributed by atoms with Crippen LogP contribution in [0.4, 0.5) is 0 Å². The predicted octanol–water partition coefficient (Wildman–Crippen LogP) is 2.34. The highest BCUT2D eigenvalue weighted by atomic mass is 79.9. The van der Waals surface area contributed by atoms with Crippen molar-refractivity contribution in [3.63, 3.8) is 0 Å². The molecule has 10 nitrogen and oxygen atoms in total. The summed E-state index contributed by atoms with van der Waals surface area (Å²) in [6.45, 7) is 1.84. The van der Waals surface area contributed by atoms with Crippen molar-refractivity contribution >= 4 is 38.2 Å². The number of nitrogens with two attached hydrogens (primary N) is 1. The number of benzene rings is 2. The summed E-state index contributed by atoms with van der Waals surface area (Å²) in [6.07, 6.45) is 1.34. The highest BCUT2D eigenvalue weighted by Crippen LogP contribution is 2.44. The molecule has 0 heterocycles. The zero-order valence-corrected chi connectivity index (χ0v) is 19.1. The summed E-state index contributed by atoms with van der Waals surface area (Å²) in [7, 11) is 0.370. The molecule has 0 aliphatic rings. The number of hydrogen-bond acceptors (Lipinski definition) is 8. The van der Waals surface area contributed by atoms with E-state index >= 15 is 0 Å². The average Bonchev–Trinajstić information content (AvgIpc) is 2.72. The molecule has 12 heteroatoms. The molecular formula is C18H21BrN4O6S. The molecular weight excluding hydrogens is 480 g/mol. The Kier molecular flexibility index (Phi) is 8.03. The maximum atomic E-state index is 12.1. The third kappa shape index (κ3) is 5.62. The minimum atomic E-state index is -4.06. The summed E-state index contributed by atoms with van der Waals surface area (Å²) < 4.78 is 45.5. The fourth-order valence-electron chi connectivity index (χ4n) is 2.32. The van der Waals surface area contributed by atoms with E-state index in [1.165, 1.54) is 39.7 Å². The lowest BCUT2D eigenvalue weighted by Crippen LogP contribution is -2.33. The van der Waals surface area contributed by atoms with E-state index in [0.29, 0.717) is 27.3 Å². The maximum absolute atomic E-state index is 12.1. The number of hydrogen-bond donors (Lipinski definition) is 2. The first-order chi connectivity index (χ1) is 14.2. The molecule has 0 radical (unpaired) electrons. The van der Waals surface area contributed by atoms with Gasteiger partial charge in [0.25, 0.3) is 0 Å². The number of aryl methyl sites for hydroxylation is 1. The van der Waals surface area contributed by atoms with E-state index in [1.807, 2.05) is 12.4 Å². The van der Waals surface area contributed by atoms with E-state index in [0.717, 1.165) is 5.56 Å². The molecule has 30 heavy (non-hydrogen) atoms. The number of halogens is 1. The Hall–Kier alpha value is -2.83. The summed E-state index contributed by atoms with van der Waals surface area (Å²) in [5.41, 5.74) is 9.06. The summed E-state index contributed by atoms with van der Waals surface area (Å²) >= 11 is 3.37. The Labute approximate surface area is 182 Å². The van der Waals surface area contributed by atoms with Crippen molar-refractivity contribution in [1.29, 1.82) is 0 Å². The van der Waals surface area contributed by atoms with Crippen LogP contribution >= 0.6 is 15.9 Å². The van der Waals surface area contributed by atoms with Crippen molar-refractivity contribution in [1.82, 2.24) is 5.48 Å². The number of nitrogens with one attached hydrogen (secondary N) is 1. The van der Waals surface area contributed by atoms with Crippen molar-refractivity contribution in [2.24, 2.45) is 15.9 Å². The van der Waals surface area contributed by atoms with Gasteiger partial charge >= 0.3 is 10.1 Å². The van der Waals surface area contributed by atoms with E-state index in [1.54, 1.807) is 18.2 Å². The van der Waals surface area contributed by atoms with Crippen LogP contribution in [-0.4, -0.2) is 41.9 Å². The second-order valence-corrected chi connectivity index (χ2v) is 8.13. The molecule has 0 aromatic heterocycles. The lowest BCUT2D eigenvalue weighted by atomic mass is 10.2. The summed E-state index contributed by atoms with van der Waals surface area (Å²) in [4.78, 5) is -0.0307. The Bertz CT molecular complexity index is 1060. The van der Waals surface area contributed by atoms with Gasteiger partial charge in [0.15, 0.2) is 11.5 Å². The third-order valence-electron chi connectivity index (χ3n) is 3.71. The molecule has 0 saturated heterocycles. The smallest absolute Gasteiger partial charge is 0.317 e. The molecule has 0 saturated carbocycles. The van der Waals surface area contributed by atoms with Crippen molar-refractivity contribution < 1.29 is 26.9 Å². The van der Waals surface area contributed by atoms with Crippen LogP contribution in [0.2, 0.25) is 0 Å². The molecule has 2 aromatic carbocycles. The number of rotatable bonds is 8. The summed E-state index contributed by atoms with van der Waals surface area (Å²) in [6, 6.07) is 7.80. The van der Waals surface area contributed by atoms with Crippen LogP contribution in [0.5, 0.6) is 17.2 Å². The van der Waals surface area contributed by atoms with Crippen LogP contribution in [0.15, 0.2) is 49.9 Å². The zero-order valence-electron chi connectivity index (χ0n) is 16.7. The van der Waals surface area contributed by atoms with Gasteiger partial charge in [0.1, 0.15) is 0 Å². The van der Waals surface area contributed by atoms with E-state index in [9.17, 15) is 8.42 Å². The van der Waals surface area contributed by atoms with Gasteiger partial charge in [-0.1, -0.05) is 17.7 Å². The molecule has 0 aliphatic heterocycles. The van der Waals surface area contributed by atoms with Crippen LogP contribution in [0.25, 0.3) is 0 Å². The maximum Gasteiger partial charge on any atom is 0.317 e. The largest absolute Gasteiger partial charge is 0.492 e. The Morgan fingerprint density at radius 1 is 1.07 bits per heavy atom. The van der Waals surface area contributed by atoms with Crippen LogP contribution in [0, 0.1) is 6.92 Å². The van der Waals surface area contributed by atoms with Crippen molar-refractivity contribution in [3.05, 3.63) is 45.9 Å². The summed E-state index contributed by atoms with van der Waals surface area (Å²) in [5, 5.41) is 7.46. The zero-order chi connectivity index (χ0) is 22.3. The van der Waals surface area contributed by atoms with Gasteiger partial charge in [-0.3, -0.25) is 0 Å². The van der Waals surface area contributed by atoms with E-state index < -0.39 is 10.1 Å². The van der Waals surface area contributed by atoms with Crippen molar-refractivity contribution in [2.45, 2.75) is 11.8 Å². The van der Waals surface area contributed by atoms with Gasteiger partial charge in [-0.15, -0.1) is 9.39 Å². The van der Waals surface area contributed by atoms with E-state index in [-0.39, 0.29) is 10.9 Å². The fourth-order valence-corrected chi connectivity index (χ4v) is 3.67. The SMILES string of the molecule is COc1c(Br)cc(C=NN=C(N)NOS(=O)(=O)c2ccc(C)cc2)c(OC)c1OC. The normalized spacial score (nSPS) is 12.1. The second kappa shape index (κ2) is 10.3. The Morgan fingerprint density at radius 3 is 2.23 bits per heavy atom. The van der Waals surface area contributed by atoms with Crippen LogP contribution in [-0.2, 0) is 14.4 Å². The fraction of sp³-hybridized carbons (Fsp3) is 0.222. The van der Waals surface area contributed by atoms with Gasteiger partial charge in [0, 0.05) is 5.56 Å². The topological polar surface area (TPSA) is 134 Å². The number of hydroxylamine groups is 1.